The number of hydrogen-bond acceptors (Lipinski definition) is 2. The van der Waals surface area contributed by atoms with E-state index in [1.165, 1.54) is 49.7 Å². The topological polar surface area (TPSA) is 42.0 Å². The number of rotatable bonds is 3. The summed E-state index contributed by atoms with van der Waals surface area (Å²) in [6.45, 7) is 0. The molecule has 3 heteroatoms. The molecule has 2 bridgehead atoms. The number of amides is 1. The van der Waals surface area contributed by atoms with Crippen molar-refractivity contribution in [2.24, 2.45) is 0 Å². The molecule has 5 rings (SSSR count). The van der Waals surface area contributed by atoms with Gasteiger partial charge in [0, 0.05) is 10.8 Å². The van der Waals surface area contributed by atoms with E-state index in [9.17, 15) is 4.79 Å². The highest BCUT2D eigenvalue weighted by molar-refractivity contribution is 6.05. The lowest BCUT2D eigenvalue weighted by Crippen LogP contribution is -2.16. The highest BCUT2D eigenvalue weighted by Crippen LogP contribution is 2.27. The monoisotopic (exact) mass is 422 g/mol. The summed E-state index contributed by atoms with van der Waals surface area (Å²) >= 11 is 0. The van der Waals surface area contributed by atoms with Crippen molar-refractivity contribution in [3.05, 3.63) is 83.4 Å². The van der Waals surface area contributed by atoms with Gasteiger partial charge in [0.2, 0.25) is 5.91 Å². The molecule has 0 unspecified atom stereocenters. The molecule has 1 aliphatic rings. The van der Waals surface area contributed by atoms with Gasteiger partial charge < -0.3 is 5.32 Å². The highest BCUT2D eigenvalue weighted by Gasteiger charge is 2.12. The standard InChI is InChI=1S/C29H30N2O/c32-29(20-23-17-16-21-10-5-3-1-2-4-6-11-22(23)18-21)31-28-15-9-14-27-25(28)19-24-12-7-8-13-26(24)30-27/h7-9,12-19H,1-6,10-11,20H2,(H,31,32). The first-order valence-electron chi connectivity index (χ1n) is 12.0. The van der Waals surface area contributed by atoms with Gasteiger partial charge >= 0.3 is 0 Å². The first-order chi connectivity index (χ1) is 15.8. The van der Waals surface area contributed by atoms with Gasteiger partial charge in [-0.25, -0.2) is 4.98 Å². The molecule has 1 aromatic heterocycles. The van der Waals surface area contributed by atoms with Gasteiger partial charge in [-0.15, -0.1) is 0 Å². The van der Waals surface area contributed by atoms with Gasteiger partial charge in [-0.3, -0.25) is 4.79 Å². The molecule has 0 spiro atoms. The molecule has 162 valence electrons. The Hall–Kier alpha value is -3.20. The lowest BCUT2D eigenvalue weighted by atomic mass is 9.95. The maximum absolute atomic E-state index is 13.1. The molecule has 0 fully saturated rings. The summed E-state index contributed by atoms with van der Waals surface area (Å²) < 4.78 is 0. The molecule has 1 amide bonds. The summed E-state index contributed by atoms with van der Waals surface area (Å²) in [6, 6.07) is 22.9. The Labute approximate surface area is 189 Å². The van der Waals surface area contributed by atoms with Crippen molar-refractivity contribution in [3.63, 3.8) is 0 Å². The van der Waals surface area contributed by atoms with E-state index >= 15 is 0 Å². The quantitative estimate of drug-likeness (QED) is 0.361. The van der Waals surface area contributed by atoms with Gasteiger partial charge in [0.05, 0.1) is 23.1 Å². The van der Waals surface area contributed by atoms with Crippen LogP contribution in [0.2, 0.25) is 0 Å². The number of nitrogens with one attached hydrogen (secondary N) is 1. The first kappa shape index (κ1) is 20.7. The molecule has 0 saturated carbocycles. The Morgan fingerprint density at radius 2 is 1.56 bits per heavy atom. The van der Waals surface area contributed by atoms with Crippen LogP contribution < -0.4 is 5.32 Å². The van der Waals surface area contributed by atoms with Crippen molar-refractivity contribution in [2.75, 3.05) is 5.32 Å². The summed E-state index contributed by atoms with van der Waals surface area (Å²) in [5.74, 6) is 0.0315. The van der Waals surface area contributed by atoms with Gasteiger partial charge in [-0.05, 0) is 66.6 Å². The Kier molecular flexibility index (Phi) is 6.15. The van der Waals surface area contributed by atoms with Crippen LogP contribution in [0.15, 0.2) is 66.7 Å². The summed E-state index contributed by atoms with van der Waals surface area (Å²) in [5.41, 5.74) is 6.63. The molecular weight excluding hydrogens is 392 g/mol. The van der Waals surface area contributed by atoms with Crippen molar-refractivity contribution in [1.82, 2.24) is 4.98 Å². The fourth-order valence-electron chi connectivity index (χ4n) is 4.87. The van der Waals surface area contributed by atoms with E-state index in [2.05, 4.69) is 35.6 Å². The predicted octanol–water partition coefficient (Wildman–Crippen LogP) is 7.01. The summed E-state index contributed by atoms with van der Waals surface area (Å²) in [5, 5.41) is 5.22. The number of benzene rings is 3. The molecule has 0 aliphatic heterocycles. The zero-order chi connectivity index (χ0) is 21.8. The average molecular weight is 423 g/mol. The second-order valence-corrected chi connectivity index (χ2v) is 9.00. The number of nitrogens with zero attached hydrogens (tertiary/aromatic N) is 1. The maximum atomic E-state index is 13.1. The zero-order valence-corrected chi connectivity index (χ0v) is 18.6. The largest absolute Gasteiger partial charge is 0.325 e. The minimum atomic E-state index is 0.0315. The lowest BCUT2D eigenvalue weighted by molar-refractivity contribution is -0.115. The van der Waals surface area contributed by atoms with E-state index in [0.29, 0.717) is 6.42 Å². The molecule has 32 heavy (non-hydrogen) atoms. The van der Waals surface area contributed by atoms with Crippen LogP contribution >= 0.6 is 0 Å². The number of hydrogen-bond donors (Lipinski definition) is 1. The lowest BCUT2D eigenvalue weighted by Gasteiger charge is -2.13. The second-order valence-electron chi connectivity index (χ2n) is 9.00. The third kappa shape index (κ3) is 4.67. The molecular formula is C29H30N2O. The van der Waals surface area contributed by atoms with Crippen LogP contribution in [0.5, 0.6) is 0 Å². The van der Waals surface area contributed by atoms with Crippen LogP contribution in [0.4, 0.5) is 5.69 Å². The van der Waals surface area contributed by atoms with Crippen molar-refractivity contribution < 1.29 is 4.79 Å². The van der Waals surface area contributed by atoms with Crippen molar-refractivity contribution >= 4 is 33.4 Å². The minimum absolute atomic E-state index is 0.0315. The van der Waals surface area contributed by atoms with Crippen LogP contribution in [-0.2, 0) is 24.1 Å². The van der Waals surface area contributed by atoms with Crippen molar-refractivity contribution in [2.45, 2.75) is 57.8 Å². The van der Waals surface area contributed by atoms with E-state index < -0.39 is 0 Å². The van der Waals surface area contributed by atoms with Crippen LogP contribution in [0.25, 0.3) is 21.8 Å². The third-order valence-corrected chi connectivity index (χ3v) is 6.62. The van der Waals surface area contributed by atoms with Gasteiger partial charge in [-0.2, -0.15) is 0 Å². The van der Waals surface area contributed by atoms with Gasteiger partial charge in [0.25, 0.3) is 0 Å². The molecule has 4 aromatic rings. The van der Waals surface area contributed by atoms with Gasteiger partial charge in [0.15, 0.2) is 0 Å². The normalized spacial score (nSPS) is 14.8. The average Bonchev–Trinajstić information content (AvgIpc) is 2.85. The van der Waals surface area contributed by atoms with Crippen molar-refractivity contribution in [1.29, 1.82) is 0 Å². The van der Waals surface area contributed by atoms with Crippen molar-refractivity contribution in [3.8, 4) is 0 Å². The van der Waals surface area contributed by atoms with E-state index in [-0.39, 0.29) is 5.91 Å². The highest BCUT2D eigenvalue weighted by atomic mass is 16.1. The van der Waals surface area contributed by atoms with Crippen LogP contribution in [0.3, 0.4) is 0 Å². The van der Waals surface area contributed by atoms with Gasteiger partial charge in [-0.1, -0.05) is 68.1 Å². The first-order valence-corrected chi connectivity index (χ1v) is 12.0. The molecule has 0 radical (unpaired) electrons. The number of carbonyl (C=O) groups excluding carboxylic acids is 1. The number of pyridine rings is 1. The fraction of sp³-hybridized carbons (Fsp3) is 0.310. The van der Waals surface area contributed by atoms with E-state index in [1.807, 2.05) is 36.4 Å². The summed E-state index contributed by atoms with van der Waals surface area (Å²) in [6.07, 6.45) is 10.4. The maximum Gasteiger partial charge on any atom is 0.228 e. The Morgan fingerprint density at radius 1 is 0.781 bits per heavy atom. The third-order valence-electron chi connectivity index (χ3n) is 6.62. The minimum Gasteiger partial charge on any atom is -0.325 e. The molecule has 3 nitrogen and oxygen atoms in total. The number of aryl methyl sites for hydroxylation is 2. The molecule has 0 saturated heterocycles. The number of para-hydroxylation sites is 1. The Morgan fingerprint density at radius 3 is 2.47 bits per heavy atom. The van der Waals surface area contributed by atoms with Crippen LogP contribution in [0.1, 0.15) is 55.2 Å². The summed E-state index contributed by atoms with van der Waals surface area (Å²) in [4.78, 5) is 17.8. The molecule has 1 aliphatic carbocycles. The molecule has 0 atom stereocenters. The second kappa shape index (κ2) is 9.52. The zero-order valence-electron chi connectivity index (χ0n) is 18.6. The summed E-state index contributed by atoms with van der Waals surface area (Å²) in [7, 11) is 0. The van der Waals surface area contributed by atoms with Gasteiger partial charge in [0.1, 0.15) is 0 Å². The fourth-order valence-corrected chi connectivity index (χ4v) is 4.87. The van der Waals surface area contributed by atoms with E-state index in [1.54, 1.807) is 0 Å². The molecule has 3 aromatic carbocycles. The number of aromatic nitrogens is 1. The molecule has 1 N–H and O–H groups in total. The smallest absolute Gasteiger partial charge is 0.228 e. The predicted molar refractivity (Wildman–Crippen MR) is 133 cm³/mol. The van der Waals surface area contributed by atoms with Crippen LogP contribution in [-0.4, -0.2) is 10.9 Å². The number of anilines is 1. The number of fused-ring (bicyclic) bond motifs is 4. The van der Waals surface area contributed by atoms with E-state index in [4.69, 9.17) is 4.98 Å². The Bertz CT molecular complexity index is 1260. The van der Waals surface area contributed by atoms with Crippen LogP contribution in [0, 0.1) is 0 Å². The van der Waals surface area contributed by atoms with E-state index in [0.717, 1.165) is 45.9 Å². The molecule has 1 heterocycles. The number of carbonyl (C=O) groups is 1. The SMILES string of the molecule is O=C(Cc1ccc2cc1CCCCCCCC2)Nc1cccc2nc3ccccc3cc12. The Balaban J connectivity index is 1.38.